The first-order valence-corrected chi connectivity index (χ1v) is 17.0. The molecule has 0 aromatic rings. The summed E-state index contributed by atoms with van der Waals surface area (Å²) in [6.45, 7) is 3.69. The van der Waals surface area contributed by atoms with Crippen molar-refractivity contribution in [2.24, 2.45) is 0 Å². The van der Waals surface area contributed by atoms with Crippen LogP contribution in [0.25, 0.3) is 0 Å². The summed E-state index contributed by atoms with van der Waals surface area (Å²) in [7, 11) is -0.683. The van der Waals surface area contributed by atoms with Gasteiger partial charge in [-0.1, -0.05) is 96.1 Å². The Morgan fingerprint density at radius 1 is 0.816 bits per heavy atom. The molecule has 0 bridgehead atoms. The van der Waals surface area contributed by atoms with Gasteiger partial charge < -0.3 is 19.5 Å². The molecule has 0 spiro atoms. The first-order chi connectivity index (χ1) is 18.1. The van der Waals surface area contributed by atoms with Gasteiger partial charge in [0.15, 0.2) is 0 Å². The second-order valence-corrected chi connectivity index (χ2v) is 13.1. The number of likely N-dealkylation sites (N-methyl/N-ethyl adjacent to an activating group) is 1. The molecule has 0 rings (SSSR count). The van der Waals surface area contributed by atoms with Gasteiger partial charge in [-0.25, -0.2) is 8.42 Å². The van der Waals surface area contributed by atoms with Crippen LogP contribution in [0.3, 0.4) is 0 Å². The number of hydrogen-bond donors (Lipinski definition) is 2. The van der Waals surface area contributed by atoms with Crippen LogP contribution < -0.4 is 5.32 Å². The molecule has 0 aromatic carbocycles. The molecule has 1 amide bonds. The van der Waals surface area contributed by atoms with Gasteiger partial charge in [-0.2, -0.15) is 0 Å². The highest BCUT2D eigenvalue weighted by atomic mass is 32.2. The number of allylic oxidation sites excluding steroid dienone is 2. The number of aliphatic hydroxyl groups excluding tert-OH is 1. The average molecular weight is 561 g/mol. The normalized spacial score (nSPS) is 13.3. The van der Waals surface area contributed by atoms with Crippen LogP contribution in [-0.2, 0) is 14.9 Å². The fraction of sp³-hybridized carbons (Fsp3) is 0.900. The summed E-state index contributed by atoms with van der Waals surface area (Å²) in [5, 5.41) is 12.7. The molecule has 0 heterocycles. The van der Waals surface area contributed by atoms with Crippen molar-refractivity contribution in [1.29, 1.82) is 0 Å². The lowest BCUT2D eigenvalue weighted by Crippen LogP contribution is -2.48. The van der Waals surface area contributed by atoms with Crippen LogP contribution in [0.4, 0.5) is 0 Å². The predicted molar refractivity (Wildman–Crippen MR) is 158 cm³/mol. The van der Waals surface area contributed by atoms with Gasteiger partial charge in [0.25, 0.3) is 0 Å². The van der Waals surface area contributed by atoms with Gasteiger partial charge in [-0.3, -0.25) is 4.79 Å². The zero-order chi connectivity index (χ0) is 28.5. The van der Waals surface area contributed by atoms with Gasteiger partial charge in [0, 0.05) is 19.4 Å². The molecule has 0 saturated heterocycles. The maximum absolute atomic E-state index is 12.0. The predicted octanol–water partition coefficient (Wildman–Crippen LogP) is 6.07. The third-order valence-electron chi connectivity index (χ3n) is 7.03. The fourth-order valence-electron chi connectivity index (χ4n) is 4.84. The van der Waals surface area contributed by atoms with E-state index in [2.05, 4.69) is 24.4 Å². The molecule has 8 heteroatoms. The molecule has 0 fully saturated rings. The van der Waals surface area contributed by atoms with E-state index >= 15 is 0 Å². The summed E-state index contributed by atoms with van der Waals surface area (Å²) in [4.78, 5) is 12.0. The monoisotopic (exact) mass is 560 g/mol. The van der Waals surface area contributed by atoms with E-state index in [0.29, 0.717) is 24.0 Å². The van der Waals surface area contributed by atoms with E-state index in [1.54, 1.807) is 0 Å². The molecule has 0 radical (unpaired) electrons. The Labute approximate surface area is 235 Å². The highest BCUT2D eigenvalue weighted by Crippen LogP contribution is 2.12. The molecule has 0 aliphatic carbocycles. The lowest BCUT2D eigenvalue weighted by atomic mass is 10.1. The number of nitrogens with one attached hydrogen (secondary N) is 1. The van der Waals surface area contributed by atoms with E-state index in [0.717, 1.165) is 19.3 Å². The van der Waals surface area contributed by atoms with Crippen molar-refractivity contribution in [2.75, 3.05) is 39.5 Å². The van der Waals surface area contributed by atoms with Gasteiger partial charge in [-0.05, 0) is 32.1 Å². The quantitative estimate of drug-likeness (QED) is 0.0549. The Balaban J connectivity index is 3.47. The zero-order valence-electron chi connectivity index (χ0n) is 24.9. The minimum absolute atomic E-state index is 0.0776. The molecule has 38 heavy (non-hydrogen) atoms. The summed E-state index contributed by atoms with van der Waals surface area (Å²) >= 11 is 0. The number of amides is 1. The van der Waals surface area contributed by atoms with E-state index < -0.39 is 22.0 Å². The van der Waals surface area contributed by atoms with Crippen molar-refractivity contribution in [2.45, 2.75) is 135 Å². The Morgan fingerprint density at radius 3 is 1.79 bits per heavy atom. The SMILES string of the molecule is CCCCCCCC/C=C/CCCCCCCCCCCC(=O)NCCC[N+](C)(C)CC(O)CS(=O)(=O)[O-]. The first-order valence-electron chi connectivity index (χ1n) is 15.4. The molecule has 0 saturated carbocycles. The van der Waals surface area contributed by atoms with Gasteiger partial charge in [-0.15, -0.1) is 0 Å². The third-order valence-corrected chi connectivity index (χ3v) is 7.82. The van der Waals surface area contributed by atoms with Crippen LogP contribution in [0.15, 0.2) is 12.2 Å². The van der Waals surface area contributed by atoms with Crippen molar-refractivity contribution in [1.82, 2.24) is 5.32 Å². The van der Waals surface area contributed by atoms with Crippen molar-refractivity contribution in [3.05, 3.63) is 12.2 Å². The third kappa shape index (κ3) is 28.1. The van der Waals surface area contributed by atoms with Crippen LogP contribution in [0, 0.1) is 0 Å². The van der Waals surface area contributed by atoms with Crippen LogP contribution in [0.5, 0.6) is 0 Å². The van der Waals surface area contributed by atoms with Crippen molar-refractivity contribution < 1.29 is 27.4 Å². The van der Waals surface area contributed by atoms with Gasteiger partial charge >= 0.3 is 0 Å². The Hall–Kier alpha value is -0.960. The topological polar surface area (TPSA) is 107 Å². The van der Waals surface area contributed by atoms with Crippen molar-refractivity contribution in [3.8, 4) is 0 Å². The lowest BCUT2D eigenvalue weighted by molar-refractivity contribution is -0.893. The summed E-state index contributed by atoms with van der Waals surface area (Å²) in [6.07, 6.45) is 26.7. The number of nitrogens with zero attached hydrogens (tertiary/aromatic N) is 1. The smallest absolute Gasteiger partial charge is 0.219 e. The van der Waals surface area contributed by atoms with Crippen LogP contribution >= 0.6 is 0 Å². The Kier molecular flexibility index (Phi) is 23.3. The van der Waals surface area contributed by atoms with Crippen molar-refractivity contribution in [3.63, 3.8) is 0 Å². The summed E-state index contributed by atoms with van der Waals surface area (Å²) < 4.78 is 32.7. The molecular weight excluding hydrogens is 500 g/mol. The molecule has 0 aromatic heterocycles. The minimum atomic E-state index is -4.43. The maximum Gasteiger partial charge on any atom is 0.219 e. The number of quaternary nitrogens is 1. The Bertz CT molecular complexity index is 695. The van der Waals surface area contributed by atoms with E-state index in [1.165, 1.54) is 96.3 Å². The number of hydrogen-bond acceptors (Lipinski definition) is 5. The van der Waals surface area contributed by atoms with Gasteiger partial charge in [0.2, 0.25) is 5.91 Å². The lowest BCUT2D eigenvalue weighted by Gasteiger charge is -2.32. The first kappa shape index (κ1) is 37.0. The highest BCUT2D eigenvalue weighted by Gasteiger charge is 2.21. The largest absolute Gasteiger partial charge is 0.748 e. The molecule has 226 valence electrons. The van der Waals surface area contributed by atoms with Crippen LogP contribution in [-0.4, -0.2) is 74.1 Å². The number of carbonyl (C=O) groups excluding carboxylic acids is 1. The fourth-order valence-corrected chi connectivity index (χ4v) is 5.41. The molecule has 0 aliphatic rings. The highest BCUT2D eigenvalue weighted by molar-refractivity contribution is 7.85. The summed E-state index contributed by atoms with van der Waals surface area (Å²) in [5.74, 6) is -0.684. The van der Waals surface area contributed by atoms with Gasteiger partial charge in [0.1, 0.15) is 12.6 Å². The maximum atomic E-state index is 12.0. The van der Waals surface area contributed by atoms with E-state index in [4.69, 9.17) is 0 Å². The molecule has 1 unspecified atom stereocenters. The molecule has 1 atom stereocenters. The molecular formula is C30H60N2O5S. The number of rotatable bonds is 27. The molecule has 2 N–H and O–H groups in total. The minimum Gasteiger partial charge on any atom is -0.748 e. The van der Waals surface area contributed by atoms with E-state index in [9.17, 15) is 22.9 Å². The number of carbonyl (C=O) groups is 1. The number of aliphatic hydroxyl groups is 1. The van der Waals surface area contributed by atoms with E-state index in [-0.39, 0.29) is 12.5 Å². The Morgan fingerprint density at radius 2 is 1.29 bits per heavy atom. The summed E-state index contributed by atoms with van der Waals surface area (Å²) in [5.41, 5.74) is 0. The zero-order valence-corrected chi connectivity index (χ0v) is 25.7. The van der Waals surface area contributed by atoms with Crippen LogP contribution in [0.2, 0.25) is 0 Å². The average Bonchev–Trinajstić information content (AvgIpc) is 2.81. The van der Waals surface area contributed by atoms with Crippen molar-refractivity contribution >= 4 is 16.0 Å². The second-order valence-electron chi connectivity index (χ2n) is 11.7. The summed E-state index contributed by atoms with van der Waals surface area (Å²) in [6, 6.07) is 0. The van der Waals surface area contributed by atoms with E-state index in [1.807, 2.05) is 14.1 Å². The standard InChI is InChI=1S/C30H60N2O5S/c1-4-5-6-7-8-9-10-11-12-13-14-15-16-17-18-19-20-21-22-24-30(34)31-25-23-26-32(2,3)27-29(33)28-38(35,36)37/h11-12,29,33H,4-10,13-28H2,1-3H3,(H-,31,34,35,36,37)/b12-11+. The molecule has 0 aliphatic heterocycles. The second kappa shape index (κ2) is 23.9. The number of unbranched alkanes of at least 4 members (excludes halogenated alkanes) is 15. The van der Waals surface area contributed by atoms with Crippen LogP contribution in [0.1, 0.15) is 129 Å². The molecule has 7 nitrogen and oxygen atoms in total. The van der Waals surface area contributed by atoms with Gasteiger partial charge in [0.05, 0.1) is 36.5 Å².